The van der Waals surface area contributed by atoms with Crippen molar-refractivity contribution >= 4 is 0 Å². The quantitative estimate of drug-likeness (QED) is 0.909. The minimum Gasteiger partial charge on any atom is -0.508 e. The minimum atomic E-state index is 0.205. The number of methoxy groups -OCH3 is 1. The number of benzene rings is 2. The normalized spacial score (nSPS) is 17.7. The number of hydrogen-bond acceptors (Lipinski definition) is 4. The molecule has 0 radical (unpaired) electrons. The molecule has 122 valence electrons. The first kappa shape index (κ1) is 15.7. The molecule has 2 N–H and O–H groups in total. The molecule has 3 rings (SSSR count). The summed E-state index contributed by atoms with van der Waals surface area (Å²) in [7, 11) is 3.71. The Labute approximate surface area is 136 Å². The van der Waals surface area contributed by atoms with Crippen LogP contribution in [0.1, 0.15) is 29.2 Å². The van der Waals surface area contributed by atoms with E-state index in [1.54, 1.807) is 19.2 Å². The van der Waals surface area contributed by atoms with Crippen molar-refractivity contribution in [3.05, 3.63) is 53.1 Å². The Hall–Kier alpha value is -2.20. The maximum Gasteiger partial charge on any atom is 0.160 e. The van der Waals surface area contributed by atoms with E-state index in [2.05, 4.69) is 11.9 Å². The Morgan fingerprint density at radius 1 is 1.17 bits per heavy atom. The van der Waals surface area contributed by atoms with E-state index in [1.165, 1.54) is 16.7 Å². The molecule has 0 bridgehead atoms. The lowest BCUT2D eigenvalue weighted by atomic mass is 9.89. The van der Waals surface area contributed by atoms with Gasteiger partial charge in [0.2, 0.25) is 0 Å². The molecule has 1 aliphatic heterocycles. The van der Waals surface area contributed by atoms with E-state index in [4.69, 9.17) is 4.74 Å². The molecule has 0 spiro atoms. The standard InChI is InChI=1S/C19H23NO3/c1-20-10-9-14-11-19(23-2)18(22)12-16(14)17(20)8-5-13-3-6-15(21)7-4-13/h3-4,6-7,11-12,17,21-22H,5,8-10H2,1-2H3/t17-/m0/s1. The van der Waals surface area contributed by atoms with Gasteiger partial charge in [0.1, 0.15) is 5.75 Å². The van der Waals surface area contributed by atoms with Gasteiger partial charge in [0.25, 0.3) is 0 Å². The van der Waals surface area contributed by atoms with Crippen molar-refractivity contribution in [2.24, 2.45) is 0 Å². The van der Waals surface area contributed by atoms with Crippen molar-refractivity contribution in [3.63, 3.8) is 0 Å². The molecule has 2 aromatic rings. The predicted molar refractivity (Wildman–Crippen MR) is 90.2 cm³/mol. The van der Waals surface area contributed by atoms with Crippen molar-refractivity contribution < 1.29 is 14.9 Å². The summed E-state index contributed by atoms with van der Waals surface area (Å²) in [6.45, 7) is 1.00. The second-order valence-electron chi connectivity index (χ2n) is 6.17. The fraction of sp³-hybridized carbons (Fsp3) is 0.368. The summed E-state index contributed by atoms with van der Waals surface area (Å²) in [5.74, 6) is 1.05. The number of likely N-dealkylation sites (N-methyl/N-ethyl adjacent to an activating group) is 1. The molecule has 2 aromatic carbocycles. The van der Waals surface area contributed by atoms with Crippen LogP contribution in [0.15, 0.2) is 36.4 Å². The van der Waals surface area contributed by atoms with Crippen molar-refractivity contribution in [3.8, 4) is 17.2 Å². The van der Waals surface area contributed by atoms with E-state index in [0.29, 0.717) is 11.5 Å². The molecular formula is C19H23NO3. The van der Waals surface area contributed by atoms with E-state index in [0.717, 1.165) is 25.8 Å². The molecule has 4 heteroatoms. The summed E-state index contributed by atoms with van der Waals surface area (Å²) in [6.07, 6.45) is 2.87. The van der Waals surface area contributed by atoms with E-state index in [1.807, 2.05) is 24.3 Å². The summed E-state index contributed by atoms with van der Waals surface area (Å²) in [5.41, 5.74) is 3.66. The van der Waals surface area contributed by atoms with E-state index in [9.17, 15) is 10.2 Å². The number of aromatic hydroxyl groups is 2. The van der Waals surface area contributed by atoms with Crippen LogP contribution in [0, 0.1) is 0 Å². The zero-order chi connectivity index (χ0) is 16.4. The molecule has 23 heavy (non-hydrogen) atoms. The molecule has 1 heterocycles. The fourth-order valence-electron chi connectivity index (χ4n) is 3.35. The van der Waals surface area contributed by atoms with Crippen molar-refractivity contribution in [1.82, 2.24) is 4.90 Å². The Bertz CT molecular complexity index is 682. The molecule has 1 aliphatic rings. The number of fused-ring (bicyclic) bond motifs is 1. The molecule has 0 aromatic heterocycles. The van der Waals surface area contributed by atoms with Crippen LogP contribution >= 0.6 is 0 Å². The van der Waals surface area contributed by atoms with Crippen LogP contribution in [0.5, 0.6) is 17.2 Å². The Morgan fingerprint density at radius 3 is 2.61 bits per heavy atom. The number of nitrogens with zero attached hydrogens (tertiary/aromatic N) is 1. The second kappa shape index (κ2) is 6.50. The average molecular weight is 313 g/mol. The van der Waals surface area contributed by atoms with Crippen LogP contribution in [0.4, 0.5) is 0 Å². The van der Waals surface area contributed by atoms with Gasteiger partial charge in [-0.3, -0.25) is 4.90 Å². The highest BCUT2D eigenvalue weighted by atomic mass is 16.5. The number of rotatable bonds is 4. The molecule has 0 amide bonds. The van der Waals surface area contributed by atoms with E-state index in [-0.39, 0.29) is 11.8 Å². The first-order valence-corrected chi connectivity index (χ1v) is 7.96. The van der Waals surface area contributed by atoms with Crippen LogP contribution in [-0.4, -0.2) is 35.8 Å². The molecule has 0 aliphatic carbocycles. The van der Waals surface area contributed by atoms with Gasteiger partial charge in [-0.2, -0.15) is 0 Å². The largest absolute Gasteiger partial charge is 0.508 e. The zero-order valence-corrected chi connectivity index (χ0v) is 13.6. The van der Waals surface area contributed by atoms with Crippen LogP contribution in [-0.2, 0) is 12.8 Å². The summed E-state index contributed by atoms with van der Waals surface area (Å²) in [5, 5.41) is 19.5. The maximum absolute atomic E-state index is 10.1. The van der Waals surface area contributed by atoms with Gasteiger partial charge in [0.05, 0.1) is 7.11 Å². The monoisotopic (exact) mass is 313 g/mol. The highest BCUT2D eigenvalue weighted by Gasteiger charge is 2.26. The number of phenolic OH excluding ortho intramolecular Hbond substituents is 2. The van der Waals surface area contributed by atoms with Gasteiger partial charge in [0, 0.05) is 12.6 Å². The third-order valence-corrected chi connectivity index (χ3v) is 4.71. The fourth-order valence-corrected chi connectivity index (χ4v) is 3.35. The molecule has 0 saturated carbocycles. The summed E-state index contributed by atoms with van der Waals surface area (Å²) in [6, 6.07) is 11.5. The van der Waals surface area contributed by atoms with Gasteiger partial charge < -0.3 is 14.9 Å². The van der Waals surface area contributed by atoms with Gasteiger partial charge in [-0.05, 0) is 67.3 Å². The van der Waals surface area contributed by atoms with Crippen molar-refractivity contribution in [2.45, 2.75) is 25.3 Å². The van der Waals surface area contributed by atoms with Crippen molar-refractivity contribution in [2.75, 3.05) is 20.7 Å². The highest BCUT2D eigenvalue weighted by molar-refractivity contribution is 5.48. The van der Waals surface area contributed by atoms with Crippen LogP contribution in [0.2, 0.25) is 0 Å². The highest BCUT2D eigenvalue weighted by Crippen LogP contribution is 2.38. The van der Waals surface area contributed by atoms with Gasteiger partial charge in [-0.1, -0.05) is 12.1 Å². The van der Waals surface area contributed by atoms with Crippen molar-refractivity contribution in [1.29, 1.82) is 0 Å². The molecule has 4 nitrogen and oxygen atoms in total. The van der Waals surface area contributed by atoms with Crippen LogP contribution in [0.25, 0.3) is 0 Å². The summed E-state index contributed by atoms with van der Waals surface area (Å²) >= 11 is 0. The first-order valence-electron chi connectivity index (χ1n) is 7.96. The second-order valence-corrected chi connectivity index (χ2v) is 6.17. The lowest BCUT2D eigenvalue weighted by Gasteiger charge is -2.35. The molecule has 0 fully saturated rings. The van der Waals surface area contributed by atoms with Crippen LogP contribution < -0.4 is 4.74 Å². The van der Waals surface area contributed by atoms with Gasteiger partial charge in [-0.25, -0.2) is 0 Å². The molecule has 0 unspecified atom stereocenters. The SMILES string of the molecule is COc1cc2c(cc1O)[C@H](CCc1ccc(O)cc1)N(C)CC2. The van der Waals surface area contributed by atoms with Gasteiger partial charge >= 0.3 is 0 Å². The summed E-state index contributed by atoms with van der Waals surface area (Å²) in [4.78, 5) is 2.34. The van der Waals surface area contributed by atoms with Crippen LogP contribution in [0.3, 0.4) is 0 Å². The lowest BCUT2D eigenvalue weighted by Crippen LogP contribution is -2.32. The Kier molecular flexibility index (Phi) is 4.44. The third-order valence-electron chi connectivity index (χ3n) is 4.71. The number of phenols is 2. The summed E-state index contributed by atoms with van der Waals surface area (Å²) < 4.78 is 5.23. The van der Waals surface area contributed by atoms with E-state index >= 15 is 0 Å². The third kappa shape index (κ3) is 3.27. The predicted octanol–water partition coefficient (Wildman–Crippen LogP) is 3.27. The number of hydrogen-bond donors (Lipinski definition) is 2. The first-order chi connectivity index (χ1) is 11.1. The zero-order valence-electron chi connectivity index (χ0n) is 13.6. The maximum atomic E-state index is 10.1. The minimum absolute atomic E-state index is 0.205. The molecular weight excluding hydrogens is 290 g/mol. The average Bonchev–Trinajstić information content (AvgIpc) is 2.55. The Balaban J connectivity index is 1.82. The topological polar surface area (TPSA) is 52.9 Å². The Morgan fingerprint density at radius 2 is 1.91 bits per heavy atom. The van der Waals surface area contributed by atoms with Gasteiger partial charge in [-0.15, -0.1) is 0 Å². The number of ether oxygens (including phenoxy) is 1. The molecule has 1 atom stereocenters. The van der Waals surface area contributed by atoms with E-state index < -0.39 is 0 Å². The van der Waals surface area contributed by atoms with Gasteiger partial charge in [0.15, 0.2) is 11.5 Å². The smallest absolute Gasteiger partial charge is 0.160 e. The lowest BCUT2D eigenvalue weighted by molar-refractivity contribution is 0.218. The number of aryl methyl sites for hydroxylation is 1. The molecule has 0 saturated heterocycles.